The highest BCUT2D eigenvalue weighted by atomic mass is 16.5. The number of esters is 1. The van der Waals surface area contributed by atoms with E-state index in [1.807, 2.05) is 24.3 Å². The molecule has 0 bridgehead atoms. The standard InChI is InChI=1S/C19H29N3O3/c1-20-19(22-14-15-9-11-16(24-2)12-10-15)21-13-5-8-18(23)25-17-6-3-4-7-17/h9-12,17H,3-8,13-14H2,1-2H3,(H2,20,21,22). The van der Waals surface area contributed by atoms with Gasteiger partial charge >= 0.3 is 5.97 Å². The molecule has 0 amide bonds. The van der Waals surface area contributed by atoms with E-state index in [1.165, 1.54) is 12.8 Å². The lowest BCUT2D eigenvalue weighted by Crippen LogP contribution is -2.37. The van der Waals surface area contributed by atoms with Crippen LogP contribution in [-0.2, 0) is 16.1 Å². The summed E-state index contributed by atoms with van der Waals surface area (Å²) < 4.78 is 10.6. The maximum Gasteiger partial charge on any atom is 0.306 e. The molecule has 2 N–H and O–H groups in total. The van der Waals surface area contributed by atoms with E-state index in [-0.39, 0.29) is 12.1 Å². The van der Waals surface area contributed by atoms with Crippen LogP contribution in [0.2, 0.25) is 0 Å². The first kappa shape index (κ1) is 19.1. The Bertz CT molecular complexity index is 552. The molecule has 1 aromatic rings. The van der Waals surface area contributed by atoms with Gasteiger partial charge in [0.1, 0.15) is 11.9 Å². The van der Waals surface area contributed by atoms with Crippen molar-refractivity contribution in [1.29, 1.82) is 0 Å². The van der Waals surface area contributed by atoms with Crippen molar-refractivity contribution in [2.75, 3.05) is 20.7 Å². The number of rotatable bonds is 8. The first-order valence-electron chi connectivity index (χ1n) is 8.98. The first-order chi connectivity index (χ1) is 12.2. The van der Waals surface area contributed by atoms with E-state index < -0.39 is 0 Å². The number of nitrogens with one attached hydrogen (secondary N) is 2. The number of ether oxygens (including phenoxy) is 2. The van der Waals surface area contributed by atoms with Gasteiger partial charge in [-0.2, -0.15) is 0 Å². The van der Waals surface area contributed by atoms with E-state index in [1.54, 1.807) is 14.2 Å². The molecule has 6 nitrogen and oxygen atoms in total. The SMILES string of the molecule is CN=C(NCCCC(=O)OC1CCCC1)NCc1ccc(OC)cc1. The summed E-state index contributed by atoms with van der Waals surface area (Å²) in [5, 5.41) is 6.47. The van der Waals surface area contributed by atoms with Gasteiger partial charge in [0.2, 0.25) is 0 Å². The zero-order chi connectivity index (χ0) is 17.9. The average Bonchev–Trinajstić information content (AvgIpc) is 3.14. The molecule has 1 aliphatic rings. The minimum absolute atomic E-state index is 0.0881. The van der Waals surface area contributed by atoms with Crippen molar-refractivity contribution >= 4 is 11.9 Å². The Balaban J connectivity index is 1.60. The van der Waals surface area contributed by atoms with Crippen LogP contribution >= 0.6 is 0 Å². The number of carbonyl (C=O) groups excluding carboxylic acids is 1. The lowest BCUT2D eigenvalue weighted by Gasteiger charge is -2.13. The molecule has 138 valence electrons. The quantitative estimate of drug-likeness (QED) is 0.327. The molecule has 2 rings (SSSR count). The smallest absolute Gasteiger partial charge is 0.306 e. The number of aliphatic imine (C=N–C) groups is 1. The monoisotopic (exact) mass is 347 g/mol. The number of carbonyl (C=O) groups is 1. The second-order valence-electron chi connectivity index (χ2n) is 6.20. The molecule has 0 radical (unpaired) electrons. The van der Waals surface area contributed by atoms with Gasteiger partial charge in [0.05, 0.1) is 7.11 Å². The Labute approximate surface area is 150 Å². The van der Waals surface area contributed by atoms with E-state index in [0.717, 1.165) is 36.5 Å². The fraction of sp³-hybridized carbons (Fsp3) is 0.579. The van der Waals surface area contributed by atoms with Gasteiger partial charge in [-0.15, -0.1) is 0 Å². The zero-order valence-corrected chi connectivity index (χ0v) is 15.2. The van der Waals surface area contributed by atoms with Crippen molar-refractivity contribution in [2.45, 2.75) is 51.2 Å². The summed E-state index contributed by atoms with van der Waals surface area (Å²) >= 11 is 0. The first-order valence-corrected chi connectivity index (χ1v) is 8.98. The number of nitrogens with zero attached hydrogens (tertiary/aromatic N) is 1. The van der Waals surface area contributed by atoms with E-state index in [0.29, 0.717) is 19.5 Å². The average molecular weight is 347 g/mol. The summed E-state index contributed by atoms with van der Waals surface area (Å²) in [6.45, 7) is 1.36. The summed E-state index contributed by atoms with van der Waals surface area (Å²) in [5.74, 6) is 1.48. The summed E-state index contributed by atoms with van der Waals surface area (Å²) in [6, 6.07) is 7.89. The fourth-order valence-corrected chi connectivity index (χ4v) is 2.84. The third-order valence-electron chi connectivity index (χ3n) is 4.29. The molecule has 0 unspecified atom stereocenters. The topological polar surface area (TPSA) is 72.0 Å². The van der Waals surface area contributed by atoms with Gasteiger partial charge in [0.25, 0.3) is 0 Å². The number of benzene rings is 1. The fourth-order valence-electron chi connectivity index (χ4n) is 2.84. The van der Waals surface area contributed by atoms with Gasteiger partial charge in [0, 0.05) is 26.6 Å². The Morgan fingerprint density at radius 2 is 1.92 bits per heavy atom. The molecular weight excluding hydrogens is 318 g/mol. The molecule has 0 spiro atoms. The molecular formula is C19H29N3O3. The Hall–Kier alpha value is -2.24. The highest BCUT2D eigenvalue weighted by Gasteiger charge is 2.18. The van der Waals surface area contributed by atoms with Gasteiger partial charge in [-0.05, 0) is 49.8 Å². The number of hydrogen-bond donors (Lipinski definition) is 2. The van der Waals surface area contributed by atoms with Gasteiger partial charge in [-0.1, -0.05) is 12.1 Å². The molecule has 1 aromatic carbocycles. The number of methoxy groups -OCH3 is 1. The van der Waals surface area contributed by atoms with Crippen molar-refractivity contribution in [1.82, 2.24) is 10.6 Å². The minimum Gasteiger partial charge on any atom is -0.497 e. The van der Waals surface area contributed by atoms with E-state index in [9.17, 15) is 4.79 Å². The lowest BCUT2D eigenvalue weighted by atomic mass is 10.2. The van der Waals surface area contributed by atoms with Crippen molar-refractivity contribution in [3.63, 3.8) is 0 Å². The molecule has 1 fully saturated rings. The molecule has 0 heterocycles. The van der Waals surface area contributed by atoms with Gasteiger partial charge in [-0.3, -0.25) is 9.79 Å². The van der Waals surface area contributed by atoms with Crippen molar-refractivity contribution in [3.8, 4) is 5.75 Å². The maximum atomic E-state index is 11.8. The summed E-state index contributed by atoms with van der Waals surface area (Å²) in [4.78, 5) is 16.0. The third kappa shape index (κ3) is 7.03. The van der Waals surface area contributed by atoms with Gasteiger partial charge < -0.3 is 20.1 Å². The van der Waals surface area contributed by atoms with Crippen LogP contribution in [-0.4, -0.2) is 38.7 Å². The van der Waals surface area contributed by atoms with Crippen LogP contribution in [0.5, 0.6) is 5.75 Å². The molecule has 0 atom stereocenters. The Morgan fingerprint density at radius 3 is 2.56 bits per heavy atom. The molecule has 6 heteroatoms. The van der Waals surface area contributed by atoms with Crippen LogP contribution in [0, 0.1) is 0 Å². The van der Waals surface area contributed by atoms with Crippen LogP contribution in [0.3, 0.4) is 0 Å². The molecule has 1 aliphatic carbocycles. The zero-order valence-electron chi connectivity index (χ0n) is 15.2. The largest absolute Gasteiger partial charge is 0.497 e. The van der Waals surface area contributed by atoms with Gasteiger partial charge in [0.15, 0.2) is 5.96 Å². The predicted octanol–water partition coefficient (Wildman–Crippen LogP) is 2.63. The van der Waals surface area contributed by atoms with E-state index in [2.05, 4.69) is 15.6 Å². The van der Waals surface area contributed by atoms with E-state index in [4.69, 9.17) is 9.47 Å². The summed E-state index contributed by atoms with van der Waals surface area (Å²) in [7, 11) is 3.39. The van der Waals surface area contributed by atoms with E-state index >= 15 is 0 Å². The lowest BCUT2D eigenvalue weighted by molar-refractivity contribution is -0.148. The van der Waals surface area contributed by atoms with Crippen LogP contribution in [0.25, 0.3) is 0 Å². The molecule has 25 heavy (non-hydrogen) atoms. The van der Waals surface area contributed by atoms with Gasteiger partial charge in [-0.25, -0.2) is 0 Å². The summed E-state index contributed by atoms with van der Waals surface area (Å²) in [5.41, 5.74) is 1.14. The minimum atomic E-state index is -0.0881. The van der Waals surface area contributed by atoms with Crippen molar-refractivity contribution in [3.05, 3.63) is 29.8 Å². The Morgan fingerprint density at radius 1 is 1.20 bits per heavy atom. The second-order valence-corrected chi connectivity index (χ2v) is 6.20. The van der Waals surface area contributed by atoms with Crippen LogP contribution in [0.4, 0.5) is 0 Å². The van der Waals surface area contributed by atoms with Crippen LogP contribution < -0.4 is 15.4 Å². The number of guanidine groups is 1. The van der Waals surface area contributed by atoms with Crippen molar-refractivity contribution < 1.29 is 14.3 Å². The summed E-state index contributed by atoms with van der Waals surface area (Å²) in [6.07, 6.45) is 5.72. The Kier molecular flexibility index (Phi) is 8.09. The highest BCUT2D eigenvalue weighted by molar-refractivity contribution is 5.79. The molecule has 0 aliphatic heterocycles. The maximum absolute atomic E-state index is 11.8. The molecule has 0 saturated heterocycles. The molecule has 0 aromatic heterocycles. The molecule has 1 saturated carbocycles. The second kappa shape index (κ2) is 10.6. The predicted molar refractivity (Wildman–Crippen MR) is 98.8 cm³/mol. The van der Waals surface area contributed by atoms with Crippen LogP contribution in [0.1, 0.15) is 44.1 Å². The highest BCUT2D eigenvalue weighted by Crippen LogP contribution is 2.21. The van der Waals surface area contributed by atoms with Crippen molar-refractivity contribution in [2.24, 2.45) is 4.99 Å². The normalized spacial score (nSPS) is 15.0. The third-order valence-corrected chi connectivity index (χ3v) is 4.29. The van der Waals surface area contributed by atoms with Crippen LogP contribution in [0.15, 0.2) is 29.3 Å². The number of hydrogen-bond acceptors (Lipinski definition) is 4.